The second-order valence-corrected chi connectivity index (χ2v) is 4.51. The van der Waals surface area contributed by atoms with Gasteiger partial charge >= 0.3 is 0 Å². The molecule has 0 aliphatic rings. The van der Waals surface area contributed by atoms with E-state index in [4.69, 9.17) is 11.6 Å². The van der Waals surface area contributed by atoms with E-state index in [0.29, 0.717) is 10.8 Å². The largest absolute Gasteiger partial charge is 0.373 e. The maximum atomic E-state index is 6.24. The lowest BCUT2D eigenvalue weighted by molar-refractivity contribution is 1.16. The predicted octanol–water partition coefficient (Wildman–Crippen LogP) is 3.53. The van der Waals surface area contributed by atoms with Gasteiger partial charge in [0.2, 0.25) is 0 Å². The number of nitrogens with one attached hydrogen (secondary N) is 2. The molecule has 2 N–H and O–H groups in total. The first-order valence-corrected chi connectivity index (χ1v) is 6.01. The van der Waals surface area contributed by atoms with Crippen LogP contribution < -0.4 is 10.6 Å². The van der Waals surface area contributed by atoms with Gasteiger partial charge in [0.05, 0.1) is 10.7 Å². The van der Waals surface area contributed by atoms with Crippen molar-refractivity contribution in [3.05, 3.63) is 40.7 Å². The molecular formula is C13H15ClN4. The van der Waals surface area contributed by atoms with Gasteiger partial charge in [-0.3, -0.25) is 0 Å². The van der Waals surface area contributed by atoms with Gasteiger partial charge < -0.3 is 10.6 Å². The zero-order valence-corrected chi connectivity index (χ0v) is 11.3. The van der Waals surface area contributed by atoms with Crippen LogP contribution in [-0.4, -0.2) is 17.0 Å². The highest BCUT2D eigenvalue weighted by Crippen LogP contribution is 2.29. The van der Waals surface area contributed by atoms with E-state index in [1.807, 2.05) is 33.0 Å². The molecule has 0 bridgehead atoms. The van der Waals surface area contributed by atoms with Gasteiger partial charge in [0.15, 0.2) is 0 Å². The Morgan fingerprint density at radius 1 is 1.06 bits per heavy atom. The van der Waals surface area contributed by atoms with Crippen molar-refractivity contribution in [2.24, 2.45) is 0 Å². The van der Waals surface area contributed by atoms with Gasteiger partial charge in [-0.05, 0) is 31.0 Å². The van der Waals surface area contributed by atoms with Crippen molar-refractivity contribution in [1.82, 2.24) is 9.97 Å². The van der Waals surface area contributed by atoms with E-state index in [9.17, 15) is 0 Å². The molecular weight excluding hydrogens is 248 g/mol. The van der Waals surface area contributed by atoms with Crippen LogP contribution in [0.1, 0.15) is 11.1 Å². The van der Waals surface area contributed by atoms with Crippen molar-refractivity contribution in [3.8, 4) is 0 Å². The van der Waals surface area contributed by atoms with E-state index < -0.39 is 0 Å². The smallest absolute Gasteiger partial charge is 0.135 e. The lowest BCUT2D eigenvalue weighted by Gasteiger charge is -2.12. The minimum absolute atomic E-state index is 0.692. The van der Waals surface area contributed by atoms with Crippen molar-refractivity contribution < 1.29 is 0 Å². The van der Waals surface area contributed by atoms with E-state index in [2.05, 4.69) is 26.7 Å². The maximum Gasteiger partial charge on any atom is 0.135 e. The lowest BCUT2D eigenvalue weighted by atomic mass is 10.1. The summed E-state index contributed by atoms with van der Waals surface area (Å²) in [6.07, 6.45) is 1.51. The van der Waals surface area contributed by atoms with Crippen LogP contribution in [0.3, 0.4) is 0 Å². The van der Waals surface area contributed by atoms with Gasteiger partial charge in [-0.1, -0.05) is 17.7 Å². The summed E-state index contributed by atoms with van der Waals surface area (Å²) in [5, 5.41) is 6.88. The van der Waals surface area contributed by atoms with Crippen LogP contribution in [-0.2, 0) is 0 Å². The number of rotatable bonds is 3. The fraction of sp³-hybridized carbons (Fsp3) is 0.231. The topological polar surface area (TPSA) is 49.8 Å². The van der Waals surface area contributed by atoms with Gasteiger partial charge in [0.25, 0.3) is 0 Å². The zero-order valence-electron chi connectivity index (χ0n) is 10.6. The Bertz CT molecular complexity index is 546. The van der Waals surface area contributed by atoms with E-state index in [1.165, 1.54) is 6.33 Å². The summed E-state index contributed by atoms with van der Waals surface area (Å²) < 4.78 is 0. The molecule has 18 heavy (non-hydrogen) atoms. The molecule has 0 saturated heterocycles. The van der Waals surface area contributed by atoms with E-state index >= 15 is 0 Å². The molecule has 0 fully saturated rings. The van der Waals surface area contributed by atoms with Crippen LogP contribution >= 0.6 is 11.6 Å². The molecule has 4 nitrogen and oxygen atoms in total. The Labute approximate surface area is 111 Å². The molecule has 1 heterocycles. The summed E-state index contributed by atoms with van der Waals surface area (Å²) in [5.41, 5.74) is 3.11. The van der Waals surface area contributed by atoms with E-state index in [1.54, 1.807) is 0 Å². The summed E-state index contributed by atoms with van der Waals surface area (Å²) in [4.78, 5) is 8.23. The molecule has 0 aliphatic heterocycles. The number of halogens is 1. The van der Waals surface area contributed by atoms with Gasteiger partial charge in [-0.25, -0.2) is 9.97 Å². The second-order valence-electron chi connectivity index (χ2n) is 4.10. The maximum absolute atomic E-state index is 6.24. The number of anilines is 3. The Hall–Kier alpha value is -1.81. The Balaban J connectivity index is 2.33. The van der Waals surface area contributed by atoms with Crippen molar-refractivity contribution in [1.29, 1.82) is 0 Å². The standard InChI is InChI=1S/C13H15ClN4/c1-8-4-9(2)13(10(14)5-8)18-12-6-11(15-3)16-7-17-12/h4-7H,1-3H3,(H2,15,16,17,18). The van der Waals surface area contributed by atoms with Crippen LogP contribution in [0, 0.1) is 13.8 Å². The van der Waals surface area contributed by atoms with E-state index in [-0.39, 0.29) is 0 Å². The number of aromatic nitrogens is 2. The van der Waals surface area contributed by atoms with Gasteiger partial charge in [-0.15, -0.1) is 0 Å². The zero-order chi connectivity index (χ0) is 13.1. The molecule has 0 atom stereocenters. The number of benzene rings is 1. The summed E-state index contributed by atoms with van der Waals surface area (Å²) in [6.45, 7) is 4.04. The molecule has 0 spiro atoms. The average Bonchev–Trinajstić information content (AvgIpc) is 2.34. The minimum Gasteiger partial charge on any atom is -0.373 e. The molecule has 0 unspecified atom stereocenters. The normalized spacial score (nSPS) is 10.2. The number of hydrogen-bond acceptors (Lipinski definition) is 4. The number of aryl methyl sites for hydroxylation is 2. The third-order valence-corrected chi connectivity index (χ3v) is 2.91. The minimum atomic E-state index is 0.692. The first kappa shape index (κ1) is 12.6. The summed E-state index contributed by atoms with van der Waals surface area (Å²) >= 11 is 6.24. The molecule has 1 aromatic carbocycles. The van der Waals surface area contributed by atoms with Crippen LogP contribution in [0.25, 0.3) is 0 Å². The second kappa shape index (κ2) is 5.23. The first-order chi connectivity index (χ1) is 8.60. The molecule has 2 rings (SSSR count). The summed E-state index contributed by atoms with van der Waals surface area (Å²) in [6, 6.07) is 5.83. The number of hydrogen-bond donors (Lipinski definition) is 2. The Kier molecular flexibility index (Phi) is 3.67. The fourth-order valence-electron chi connectivity index (χ4n) is 1.76. The van der Waals surface area contributed by atoms with Gasteiger partial charge in [0.1, 0.15) is 18.0 Å². The van der Waals surface area contributed by atoms with Crippen molar-refractivity contribution in [2.45, 2.75) is 13.8 Å². The van der Waals surface area contributed by atoms with Gasteiger partial charge in [0, 0.05) is 13.1 Å². The Morgan fingerprint density at radius 3 is 2.44 bits per heavy atom. The quantitative estimate of drug-likeness (QED) is 0.888. The van der Waals surface area contributed by atoms with Crippen molar-refractivity contribution in [2.75, 3.05) is 17.7 Å². The predicted molar refractivity (Wildman–Crippen MR) is 75.8 cm³/mol. The highest BCUT2D eigenvalue weighted by atomic mass is 35.5. The van der Waals surface area contributed by atoms with Gasteiger partial charge in [-0.2, -0.15) is 0 Å². The molecule has 0 radical (unpaired) electrons. The summed E-state index contributed by atoms with van der Waals surface area (Å²) in [5.74, 6) is 1.47. The molecule has 0 amide bonds. The monoisotopic (exact) mass is 262 g/mol. The highest BCUT2D eigenvalue weighted by Gasteiger charge is 2.06. The third kappa shape index (κ3) is 2.71. The molecule has 0 saturated carbocycles. The SMILES string of the molecule is CNc1cc(Nc2c(C)cc(C)cc2Cl)ncn1. The summed E-state index contributed by atoms with van der Waals surface area (Å²) in [7, 11) is 1.82. The molecule has 0 aliphatic carbocycles. The first-order valence-electron chi connectivity index (χ1n) is 5.63. The molecule has 1 aromatic heterocycles. The number of nitrogens with zero attached hydrogens (tertiary/aromatic N) is 2. The third-order valence-electron chi connectivity index (χ3n) is 2.61. The average molecular weight is 263 g/mol. The fourth-order valence-corrected chi connectivity index (χ4v) is 2.13. The molecule has 94 valence electrons. The van der Waals surface area contributed by atoms with Crippen molar-refractivity contribution in [3.63, 3.8) is 0 Å². The Morgan fingerprint density at radius 2 is 1.78 bits per heavy atom. The van der Waals surface area contributed by atoms with Crippen LogP contribution in [0.2, 0.25) is 5.02 Å². The molecule has 2 aromatic rings. The van der Waals surface area contributed by atoms with Crippen LogP contribution in [0.5, 0.6) is 0 Å². The molecule has 5 heteroatoms. The highest BCUT2D eigenvalue weighted by molar-refractivity contribution is 6.33. The van der Waals surface area contributed by atoms with Crippen LogP contribution in [0.15, 0.2) is 24.5 Å². The van der Waals surface area contributed by atoms with E-state index in [0.717, 1.165) is 22.6 Å². The van der Waals surface area contributed by atoms with Crippen LogP contribution in [0.4, 0.5) is 17.3 Å². The van der Waals surface area contributed by atoms with Crippen molar-refractivity contribution >= 4 is 28.9 Å². The lowest BCUT2D eigenvalue weighted by Crippen LogP contribution is -2.00.